The van der Waals surface area contributed by atoms with E-state index in [4.69, 9.17) is 4.74 Å². The van der Waals surface area contributed by atoms with E-state index in [0.717, 1.165) is 25.2 Å². The van der Waals surface area contributed by atoms with Crippen LogP contribution in [0.3, 0.4) is 0 Å². The van der Waals surface area contributed by atoms with Gasteiger partial charge in [0.05, 0.1) is 0 Å². The van der Waals surface area contributed by atoms with Gasteiger partial charge in [0, 0.05) is 38.2 Å². The van der Waals surface area contributed by atoms with Crippen molar-refractivity contribution in [2.75, 3.05) is 33.8 Å². The van der Waals surface area contributed by atoms with Crippen molar-refractivity contribution in [2.24, 2.45) is 11.8 Å². The first-order chi connectivity index (χ1) is 9.69. The van der Waals surface area contributed by atoms with E-state index in [1.165, 1.54) is 6.42 Å². The third-order valence-corrected chi connectivity index (χ3v) is 4.44. The largest absolute Gasteiger partial charge is 0.361 e. The number of amides is 1. The van der Waals surface area contributed by atoms with Crippen LogP contribution in [0.25, 0.3) is 0 Å². The van der Waals surface area contributed by atoms with Crippen LogP contribution in [0.15, 0.2) is 30.3 Å². The SMILES string of the molecule is COC1[C@H]2C[C@H](CN(C)C2)CN1C(=O)c1ccccc1. The first-order valence-electron chi connectivity index (χ1n) is 7.26. The highest BCUT2D eigenvalue weighted by Crippen LogP contribution is 2.33. The number of likely N-dealkylation sites (tertiary alicyclic amines) is 2. The molecule has 0 aliphatic carbocycles. The third kappa shape index (κ3) is 2.45. The van der Waals surface area contributed by atoms with Gasteiger partial charge in [0.2, 0.25) is 0 Å². The Hall–Kier alpha value is -1.39. The molecule has 1 aromatic rings. The van der Waals surface area contributed by atoms with E-state index in [9.17, 15) is 4.79 Å². The Morgan fingerprint density at radius 3 is 2.65 bits per heavy atom. The lowest BCUT2D eigenvalue weighted by Gasteiger charge is -2.49. The summed E-state index contributed by atoms with van der Waals surface area (Å²) in [5.41, 5.74) is 0.753. The van der Waals surface area contributed by atoms with Crippen LogP contribution in [0.1, 0.15) is 16.8 Å². The number of hydrogen-bond donors (Lipinski definition) is 0. The molecular formula is C16H22N2O2. The van der Waals surface area contributed by atoms with E-state index in [-0.39, 0.29) is 12.1 Å². The molecule has 3 rings (SSSR count). The Morgan fingerprint density at radius 1 is 1.20 bits per heavy atom. The van der Waals surface area contributed by atoms with Gasteiger partial charge in [0.1, 0.15) is 6.23 Å². The van der Waals surface area contributed by atoms with Crippen molar-refractivity contribution in [3.63, 3.8) is 0 Å². The van der Waals surface area contributed by atoms with Gasteiger partial charge in [-0.05, 0) is 31.5 Å². The Bertz CT molecular complexity index is 475. The minimum Gasteiger partial charge on any atom is -0.361 e. The highest BCUT2D eigenvalue weighted by atomic mass is 16.5. The molecule has 2 heterocycles. The minimum absolute atomic E-state index is 0.0942. The Kier molecular flexibility index (Phi) is 3.76. The van der Waals surface area contributed by atoms with Crippen molar-refractivity contribution < 1.29 is 9.53 Å². The zero-order valence-electron chi connectivity index (χ0n) is 12.2. The van der Waals surface area contributed by atoms with Crippen LogP contribution >= 0.6 is 0 Å². The van der Waals surface area contributed by atoms with Gasteiger partial charge in [-0.1, -0.05) is 18.2 Å². The van der Waals surface area contributed by atoms with Crippen molar-refractivity contribution >= 4 is 5.91 Å². The summed E-state index contributed by atoms with van der Waals surface area (Å²) in [6.07, 6.45) is 1.07. The predicted molar refractivity (Wildman–Crippen MR) is 77.4 cm³/mol. The summed E-state index contributed by atoms with van der Waals surface area (Å²) in [6.45, 7) is 2.88. The lowest BCUT2D eigenvalue weighted by atomic mass is 9.83. The fourth-order valence-electron chi connectivity index (χ4n) is 3.73. The second-order valence-electron chi connectivity index (χ2n) is 6.03. The average Bonchev–Trinajstić information content (AvgIpc) is 2.46. The van der Waals surface area contributed by atoms with Crippen molar-refractivity contribution in [1.82, 2.24) is 9.80 Å². The molecule has 2 saturated heterocycles. The molecule has 3 atom stereocenters. The number of ether oxygens (including phenoxy) is 1. The molecule has 0 saturated carbocycles. The van der Waals surface area contributed by atoms with Crippen molar-refractivity contribution in [1.29, 1.82) is 0 Å². The number of piperidine rings is 2. The van der Waals surface area contributed by atoms with E-state index in [0.29, 0.717) is 11.8 Å². The van der Waals surface area contributed by atoms with Gasteiger partial charge in [0.15, 0.2) is 0 Å². The van der Waals surface area contributed by atoms with Crippen LogP contribution < -0.4 is 0 Å². The molecule has 2 fully saturated rings. The molecule has 1 unspecified atom stereocenters. The van der Waals surface area contributed by atoms with Gasteiger partial charge < -0.3 is 14.5 Å². The third-order valence-electron chi connectivity index (χ3n) is 4.44. The second kappa shape index (κ2) is 5.54. The van der Waals surface area contributed by atoms with Crippen LogP contribution in [0.5, 0.6) is 0 Å². The van der Waals surface area contributed by atoms with E-state index in [1.54, 1.807) is 7.11 Å². The standard InChI is InChI=1S/C16H22N2O2/c1-17-9-12-8-14(11-17)16(20-2)18(10-12)15(19)13-6-4-3-5-7-13/h3-7,12,14,16H,8-11H2,1-2H3/t12-,14+,16?/m1/s1. The molecule has 2 aliphatic heterocycles. The summed E-state index contributed by atoms with van der Waals surface area (Å²) in [5, 5.41) is 0. The zero-order chi connectivity index (χ0) is 14.1. The summed E-state index contributed by atoms with van der Waals surface area (Å²) >= 11 is 0. The van der Waals surface area contributed by atoms with Gasteiger partial charge in [-0.2, -0.15) is 0 Å². The Morgan fingerprint density at radius 2 is 1.95 bits per heavy atom. The monoisotopic (exact) mass is 274 g/mol. The number of fused-ring (bicyclic) bond motifs is 2. The summed E-state index contributed by atoms with van der Waals surface area (Å²) < 4.78 is 5.66. The first kappa shape index (κ1) is 13.6. The number of methoxy groups -OCH3 is 1. The van der Waals surface area contributed by atoms with Crippen LogP contribution in [-0.2, 0) is 4.74 Å². The highest BCUT2D eigenvalue weighted by molar-refractivity contribution is 5.94. The summed E-state index contributed by atoms with van der Waals surface area (Å²) in [4.78, 5) is 17.0. The molecule has 0 aromatic heterocycles. The zero-order valence-corrected chi connectivity index (χ0v) is 12.2. The molecule has 1 aromatic carbocycles. The number of hydrogen-bond acceptors (Lipinski definition) is 3. The lowest BCUT2D eigenvalue weighted by molar-refractivity contribution is -0.113. The molecular weight excluding hydrogens is 252 g/mol. The van der Waals surface area contributed by atoms with Crippen molar-refractivity contribution in [3.05, 3.63) is 35.9 Å². The molecule has 0 spiro atoms. The molecule has 20 heavy (non-hydrogen) atoms. The lowest BCUT2D eigenvalue weighted by Crippen LogP contribution is -2.59. The van der Waals surface area contributed by atoms with Crippen LogP contribution in [0.2, 0.25) is 0 Å². The topological polar surface area (TPSA) is 32.8 Å². The molecule has 0 N–H and O–H groups in total. The van der Waals surface area contributed by atoms with Crippen LogP contribution in [-0.4, -0.2) is 55.7 Å². The molecule has 0 radical (unpaired) electrons. The molecule has 108 valence electrons. The molecule has 4 heteroatoms. The Balaban J connectivity index is 1.83. The maximum atomic E-state index is 12.7. The van der Waals surface area contributed by atoms with Gasteiger partial charge >= 0.3 is 0 Å². The number of carbonyl (C=O) groups excluding carboxylic acids is 1. The number of rotatable bonds is 2. The van der Waals surface area contributed by atoms with E-state index < -0.39 is 0 Å². The fraction of sp³-hybridized carbons (Fsp3) is 0.562. The predicted octanol–water partition coefficient (Wildman–Crippen LogP) is 1.68. The number of benzene rings is 1. The number of nitrogens with zero attached hydrogens (tertiary/aromatic N) is 2. The maximum absolute atomic E-state index is 12.7. The minimum atomic E-state index is -0.0956. The summed E-state index contributed by atoms with van der Waals surface area (Å²) in [6, 6.07) is 9.52. The highest BCUT2D eigenvalue weighted by Gasteiger charge is 2.42. The maximum Gasteiger partial charge on any atom is 0.255 e. The van der Waals surface area contributed by atoms with E-state index in [1.807, 2.05) is 35.2 Å². The van der Waals surface area contributed by atoms with Gasteiger partial charge in [-0.3, -0.25) is 4.79 Å². The first-order valence-corrected chi connectivity index (χ1v) is 7.26. The van der Waals surface area contributed by atoms with Gasteiger partial charge in [0.25, 0.3) is 5.91 Å². The van der Waals surface area contributed by atoms with E-state index in [2.05, 4.69) is 11.9 Å². The quantitative estimate of drug-likeness (QED) is 0.822. The number of carbonyl (C=O) groups is 1. The van der Waals surface area contributed by atoms with Crippen molar-refractivity contribution in [2.45, 2.75) is 12.6 Å². The summed E-state index contributed by atoms with van der Waals surface area (Å²) in [7, 11) is 3.87. The normalized spacial score (nSPS) is 30.3. The smallest absolute Gasteiger partial charge is 0.255 e. The molecule has 4 nitrogen and oxygen atoms in total. The molecule has 2 aliphatic rings. The van der Waals surface area contributed by atoms with Crippen molar-refractivity contribution in [3.8, 4) is 0 Å². The molecule has 2 bridgehead atoms. The summed E-state index contributed by atoms with van der Waals surface area (Å²) in [5.74, 6) is 1.08. The average molecular weight is 274 g/mol. The molecule has 1 amide bonds. The second-order valence-corrected chi connectivity index (χ2v) is 6.03. The van der Waals surface area contributed by atoms with Crippen LogP contribution in [0.4, 0.5) is 0 Å². The fourth-order valence-corrected chi connectivity index (χ4v) is 3.73. The van der Waals surface area contributed by atoms with Gasteiger partial charge in [-0.25, -0.2) is 0 Å². The Labute approximate surface area is 120 Å². The van der Waals surface area contributed by atoms with Crippen LogP contribution in [0, 0.1) is 11.8 Å². The van der Waals surface area contributed by atoms with Gasteiger partial charge in [-0.15, -0.1) is 0 Å². The van der Waals surface area contributed by atoms with E-state index >= 15 is 0 Å².